The molecule has 1 heterocycles. The Balaban J connectivity index is 0.000000684. The number of carboxylic acids is 2. The van der Waals surface area contributed by atoms with E-state index < -0.39 is 24.4 Å². The summed E-state index contributed by atoms with van der Waals surface area (Å²) in [5, 5.41) is 36.4. The van der Waals surface area contributed by atoms with Gasteiger partial charge in [0, 0.05) is 36.6 Å². The maximum atomic E-state index is 10.6. The van der Waals surface area contributed by atoms with E-state index >= 15 is 0 Å². The fraction of sp³-hybridized carbons (Fsp3) is 0.143. The first-order chi connectivity index (χ1) is 10.5. The Kier molecular flexibility index (Phi) is 9.73. The van der Waals surface area contributed by atoms with E-state index in [0.29, 0.717) is 0 Å². The van der Waals surface area contributed by atoms with Crippen molar-refractivity contribution >= 4 is 18.2 Å². The molecule has 0 amide bonds. The van der Waals surface area contributed by atoms with E-state index in [0.717, 1.165) is 6.21 Å². The van der Waals surface area contributed by atoms with Crippen molar-refractivity contribution in [3.8, 4) is 5.75 Å². The van der Waals surface area contributed by atoms with Crippen LogP contribution in [-0.2, 0) is 26.7 Å². The molecule has 0 aliphatic heterocycles. The van der Waals surface area contributed by atoms with Gasteiger partial charge in [0.2, 0.25) is 0 Å². The van der Waals surface area contributed by atoms with Crippen LogP contribution < -0.4 is 10.2 Å². The van der Waals surface area contributed by atoms with Gasteiger partial charge in [-0.2, -0.15) is 5.10 Å². The first kappa shape index (κ1) is 20.4. The topological polar surface area (TPSA) is 142 Å². The van der Waals surface area contributed by atoms with Crippen molar-refractivity contribution in [3.63, 3.8) is 0 Å². The Hall–Kier alpha value is -2.64. The van der Waals surface area contributed by atoms with Crippen molar-refractivity contribution < 1.29 is 42.0 Å². The fourth-order valence-electron chi connectivity index (χ4n) is 1.34. The number of nitrogens with one attached hydrogen (secondary N) is 1. The van der Waals surface area contributed by atoms with Crippen molar-refractivity contribution in [1.29, 1.82) is 0 Å². The molecule has 0 spiro atoms. The van der Waals surface area contributed by atoms with Gasteiger partial charge < -0.3 is 24.9 Å². The molecule has 1 atom stereocenters. The van der Waals surface area contributed by atoms with Gasteiger partial charge in [0.25, 0.3) is 0 Å². The molecule has 1 radical (unpaired) electrons. The second-order valence-electron chi connectivity index (χ2n) is 4.01. The van der Waals surface area contributed by atoms with Crippen molar-refractivity contribution in [2.24, 2.45) is 4.99 Å². The smallest absolute Gasteiger partial charge is 0.550 e. The van der Waals surface area contributed by atoms with Crippen LogP contribution in [0.1, 0.15) is 12.0 Å². The molecule has 2 rings (SSSR count). The van der Waals surface area contributed by atoms with Gasteiger partial charge in [-0.3, -0.25) is 10.1 Å². The maximum Gasteiger partial charge on any atom is 2.00 e. The van der Waals surface area contributed by atoms with Gasteiger partial charge >= 0.3 is 17.1 Å². The maximum absolute atomic E-state index is 10.6. The zero-order valence-electron chi connectivity index (χ0n) is 11.7. The number of carbonyl (C=O) groups is 2. The summed E-state index contributed by atoms with van der Waals surface area (Å²) in [7, 11) is 0. The molecule has 8 nitrogen and oxygen atoms in total. The quantitative estimate of drug-likeness (QED) is 0.486. The molecular formula is C14H13CuN3O5. The van der Waals surface area contributed by atoms with Crippen LogP contribution in [0, 0.1) is 0 Å². The number of aliphatic carboxylic acids is 2. The number of aromatic amines is 1. The molecule has 0 saturated carbocycles. The normalized spacial score (nSPS) is 11.0. The number of nitrogens with zero attached hydrogens (tertiary/aromatic N) is 2. The second-order valence-corrected chi connectivity index (χ2v) is 4.01. The minimum Gasteiger partial charge on any atom is -0.550 e. The first-order valence-corrected chi connectivity index (χ1v) is 6.16. The number of hydrogen-bond acceptors (Lipinski definition) is 7. The molecule has 9 heteroatoms. The monoisotopic (exact) mass is 366 g/mol. The summed E-state index contributed by atoms with van der Waals surface area (Å²) < 4.78 is 0. The largest absolute Gasteiger partial charge is 2.00 e. The van der Waals surface area contributed by atoms with Crippen molar-refractivity contribution in [3.05, 3.63) is 48.3 Å². The number of aromatic hydroxyl groups is 1. The molecule has 23 heavy (non-hydrogen) atoms. The minimum absolute atomic E-state index is 0. The number of aliphatic imine (C=N–C) groups is 1. The molecule has 1 aromatic carbocycles. The molecule has 0 fully saturated rings. The average molecular weight is 367 g/mol. The standard InChI is InChI=1S/C11H11NO5.C3H4N2.Cu/c13-9-4-2-1-3-7(9)6-12-8(11(16)17)5-10(14)15;1-2-4-5-3-1;/h1-4,6,8,13H,5H2,(H,14,15)(H,16,17);1-3H,(H,4,5);/q;;+2/p-2. The van der Waals surface area contributed by atoms with Crippen LogP contribution in [0.5, 0.6) is 5.75 Å². The van der Waals surface area contributed by atoms with Crippen LogP contribution in [-0.4, -0.2) is 39.5 Å². The van der Waals surface area contributed by atoms with E-state index in [1.54, 1.807) is 24.5 Å². The fourth-order valence-corrected chi connectivity index (χ4v) is 1.34. The Bertz CT molecular complexity index is 614. The van der Waals surface area contributed by atoms with Gasteiger partial charge in [0.1, 0.15) is 5.75 Å². The van der Waals surface area contributed by atoms with Crippen LogP contribution in [0.4, 0.5) is 0 Å². The van der Waals surface area contributed by atoms with Crippen molar-refractivity contribution in [1.82, 2.24) is 10.2 Å². The third-order valence-corrected chi connectivity index (χ3v) is 2.37. The number of para-hydroxylation sites is 1. The van der Waals surface area contributed by atoms with E-state index in [1.165, 1.54) is 12.1 Å². The number of carbonyl (C=O) groups excluding carboxylic acids is 2. The average Bonchev–Trinajstić information content (AvgIpc) is 3.03. The van der Waals surface area contributed by atoms with Crippen LogP contribution in [0.25, 0.3) is 0 Å². The van der Waals surface area contributed by atoms with Gasteiger partial charge in [-0.05, 0) is 18.2 Å². The third-order valence-electron chi connectivity index (χ3n) is 2.37. The summed E-state index contributed by atoms with van der Waals surface area (Å²) in [6.07, 6.45) is 3.77. The van der Waals surface area contributed by atoms with Crippen LogP contribution >= 0.6 is 0 Å². The zero-order chi connectivity index (χ0) is 16.4. The Morgan fingerprint density at radius 2 is 2.00 bits per heavy atom. The summed E-state index contributed by atoms with van der Waals surface area (Å²) in [6, 6.07) is 6.41. The van der Waals surface area contributed by atoms with Gasteiger partial charge in [-0.1, -0.05) is 12.1 Å². The van der Waals surface area contributed by atoms with E-state index in [-0.39, 0.29) is 28.4 Å². The number of H-pyrrole nitrogens is 1. The van der Waals surface area contributed by atoms with E-state index in [2.05, 4.69) is 15.2 Å². The van der Waals surface area contributed by atoms with E-state index in [1.807, 2.05) is 6.07 Å². The summed E-state index contributed by atoms with van der Waals surface area (Å²) >= 11 is 0. The van der Waals surface area contributed by atoms with Crippen molar-refractivity contribution in [2.75, 3.05) is 0 Å². The zero-order valence-corrected chi connectivity index (χ0v) is 12.6. The molecule has 0 bridgehead atoms. The number of hydrogen-bond donors (Lipinski definition) is 2. The molecule has 1 aromatic heterocycles. The molecule has 2 N–H and O–H groups in total. The first-order valence-electron chi connectivity index (χ1n) is 6.16. The third kappa shape index (κ3) is 8.40. The SMILES string of the molecule is O=C([O-])CC(N=Cc1ccccc1O)C(=O)[O-].[Cu+2].c1cn[nH]c1. The van der Waals surface area contributed by atoms with E-state index in [4.69, 9.17) is 0 Å². The van der Waals surface area contributed by atoms with Gasteiger partial charge in [-0.25, -0.2) is 0 Å². The second kappa shape index (κ2) is 11.0. The number of benzene rings is 1. The van der Waals surface area contributed by atoms with Gasteiger partial charge in [0.15, 0.2) is 0 Å². The summed E-state index contributed by atoms with van der Waals surface area (Å²) in [6.45, 7) is 0. The molecular weight excluding hydrogens is 354 g/mol. The van der Waals surface area contributed by atoms with Gasteiger partial charge in [0.05, 0.1) is 12.0 Å². The summed E-state index contributed by atoms with van der Waals surface area (Å²) in [5.41, 5.74) is 0.289. The van der Waals surface area contributed by atoms with Crippen LogP contribution in [0.2, 0.25) is 0 Å². The number of phenols is 1. The molecule has 125 valence electrons. The number of aromatic nitrogens is 2. The van der Waals surface area contributed by atoms with Crippen LogP contribution in [0.15, 0.2) is 47.7 Å². The Morgan fingerprint density at radius 1 is 1.30 bits per heavy atom. The number of phenolic OH excluding ortho intramolecular Hbond substituents is 1. The molecule has 0 saturated heterocycles. The number of rotatable bonds is 5. The molecule has 2 aromatic rings. The Morgan fingerprint density at radius 3 is 2.43 bits per heavy atom. The molecule has 1 unspecified atom stereocenters. The molecule has 0 aliphatic rings. The molecule has 0 aliphatic carbocycles. The minimum atomic E-state index is -1.61. The van der Waals surface area contributed by atoms with Gasteiger partial charge in [-0.15, -0.1) is 0 Å². The van der Waals surface area contributed by atoms with E-state index in [9.17, 15) is 24.9 Å². The predicted octanol–water partition coefficient (Wildman–Crippen LogP) is -1.52. The van der Waals surface area contributed by atoms with Crippen LogP contribution in [0.3, 0.4) is 0 Å². The van der Waals surface area contributed by atoms with Crippen molar-refractivity contribution in [2.45, 2.75) is 12.5 Å². The predicted molar refractivity (Wildman–Crippen MR) is 72.7 cm³/mol. The summed E-state index contributed by atoms with van der Waals surface area (Å²) in [4.78, 5) is 24.4. The Labute approximate surface area is 142 Å². The summed E-state index contributed by atoms with van der Waals surface area (Å²) in [5.74, 6) is -3.23. The number of carboxylic acid groups (broad SMARTS) is 2.